The van der Waals surface area contributed by atoms with Crippen LogP contribution in [0, 0.1) is 5.92 Å². The quantitative estimate of drug-likeness (QED) is 0.822. The van der Waals surface area contributed by atoms with Gasteiger partial charge < -0.3 is 10.1 Å². The Hall–Kier alpha value is -1.44. The second-order valence-electron chi connectivity index (χ2n) is 7.15. The second kappa shape index (κ2) is 8.97. The maximum atomic E-state index is 12.6. The number of morpholine rings is 1. The lowest BCUT2D eigenvalue weighted by molar-refractivity contribution is -0.122. The molecule has 2 fully saturated rings. The Morgan fingerprint density at radius 2 is 1.73 bits per heavy atom. The summed E-state index contributed by atoms with van der Waals surface area (Å²) in [6, 6.07) is 6.78. The minimum Gasteiger partial charge on any atom is -0.379 e. The molecule has 1 heterocycles. The summed E-state index contributed by atoms with van der Waals surface area (Å²) in [6.45, 7) is 2.08. The van der Waals surface area contributed by atoms with Crippen LogP contribution in [0.5, 0.6) is 0 Å². The van der Waals surface area contributed by atoms with Crippen LogP contribution in [-0.4, -0.2) is 44.9 Å². The fourth-order valence-corrected chi connectivity index (χ4v) is 5.05. The van der Waals surface area contributed by atoms with Gasteiger partial charge in [0.1, 0.15) is 0 Å². The fraction of sp³-hybridized carbons (Fsp3) is 0.632. The zero-order valence-electron chi connectivity index (χ0n) is 15.2. The number of nitrogens with zero attached hydrogens (tertiary/aromatic N) is 1. The van der Waals surface area contributed by atoms with Crippen molar-refractivity contribution < 1.29 is 17.9 Å². The zero-order valence-corrected chi connectivity index (χ0v) is 16.0. The molecule has 6 nitrogen and oxygen atoms in total. The molecule has 0 unspecified atom stereocenters. The maximum absolute atomic E-state index is 12.6. The zero-order chi connectivity index (χ0) is 18.4. The van der Waals surface area contributed by atoms with E-state index < -0.39 is 10.0 Å². The predicted octanol–water partition coefficient (Wildman–Crippen LogP) is 2.29. The van der Waals surface area contributed by atoms with E-state index in [0.717, 1.165) is 18.4 Å². The van der Waals surface area contributed by atoms with Crippen molar-refractivity contribution in [1.82, 2.24) is 9.62 Å². The molecule has 2 aliphatic rings. The van der Waals surface area contributed by atoms with Gasteiger partial charge in [-0.3, -0.25) is 4.79 Å². The van der Waals surface area contributed by atoms with E-state index in [1.165, 1.54) is 23.6 Å². The molecule has 3 rings (SSSR count). The van der Waals surface area contributed by atoms with Gasteiger partial charge in [-0.25, -0.2) is 8.42 Å². The molecular weight excluding hydrogens is 352 g/mol. The molecule has 1 saturated carbocycles. The molecule has 0 bridgehead atoms. The highest BCUT2D eigenvalue weighted by Gasteiger charge is 2.26. The molecule has 0 radical (unpaired) electrons. The van der Waals surface area contributed by atoms with Crippen LogP contribution in [0.2, 0.25) is 0 Å². The van der Waals surface area contributed by atoms with E-state index in [0.29, 0.717) is 45.2 Å². The lowest BCUT2D eigenvalue weighted by Crippen LogP contribution is -2.40. The van der Waals surface area contributed by atoms with Crippen molar-refractivity contribution in [2.75, 3.05) is 26.3 Å². The number of ether oxygens (including phenoxy) is 1. The summed E-state index contributed by atoms with van der Waals surface area (Å²) >= 11 is 0. The average Bonchev–Trinajstić information content (AvgIpc) is 2.68. The number of benzene rings is 1. The number of hydrogen-bond donors (Lipinski definition) is 1. The molecule has 0 aromatic heterocycles. The molecule has 1 aliphatic carbocycles. The topological polar surface area (TPSA) is 75.7 Å². The molecular formula is C19H28N2O4S. The summed E-state index contributed by atoms with van der Waals surface area (Å²) < 4.78 is 31.8. The van der Waals surface area contributed by atoms with E-state index in [1.54, 1.807) is 24.3 Å². The van der Waals surface area contributed by atoms with E-state index in [-0.39, 0.29) is 10.8 Å². The van der Waals surface area contributed by atoms with Crippen molar-refractivity contribution >= 4 is 15.9 Å². The normalized spacial score (nSPS) is 20.0. The molecule has 144 valence electrons. The van der Waals surface area contributed by atoms with Crippen LogP contribution in [0.25, 0.3) is 0 Å². The van der Waals surface area contributed by atoms with Gasteiger partial charge >= 0.3 is 0 Å². The first kappa shape index (κ1) is 19.3. The molecule has 1 aliphatic heterocycles. The van der Waals surface area contributed by atoms with Gasteiger partial charge in [0.25, 0.3) is 0 Å². The fourth-order valence-electron chi connectivity index (χ4n) is 3.64. The Balaban J connectivity index is 1.51. The van der Waals surface area contributed by atoms with Crippen LogP contribution in [0.15, 0.2) is 29.2 Å². The van der Waals surface area contributed by atoms with Crippen molar-refractivity contribution in [3.63, 3.8) is 0 Å². The Kier molecular flexibility index (Phi) is 6.67. The number of sulfonamides is 1. The summed E-state index contributed by atoms with van der Waals surface area (Å²) in [5, 5.41) is 2.95. The predicted molar refractivity (Wildman–Crippen MR) is 99.1 cm³/mol. The van der Waals surface area contributed by atoms with Gasteiger partial charge in [0.2, 0.25) is 15.9 Å². The monoisotopic (exact) mass is 380 g/mol. The van der Waals surface area contributed by atoms with Gasteiger partial charge in [-0.15, -0.1) is 0 Å². The van der Waals surface area contributed by atoms with Gasteiger partial charge in [-0.2, -0.15) is 4.31 Å². The van der Waals surface area contributed by atoms with E-state index >= 15 is 0 Å². The smallest absolute Gasteiger partial charge is 0.243 e. The van der Waals surface area contributed by atoms with Crippen LogP contribution < -0.4 is 5.32 Å². The number of hydrogen-bond acceptors (Lipinski definition) is 4. The number of carbonyl (C=O) groups is 1. The summed E-state index contributed by atoms with van der Waals surface area (Å²) in [5.74, 6) is 0.603. The molecule has 0 atom stereocenters. The van der Waals surface area contributed by atoms with E-state index in [2.05, 4.69) is 5.32 Å². The lowest BCUT2D eigenvalue weighted by atomic mass is 9.87. The lowest BCUT2D eigenvalue weighted by Gasteiger charge is -2.26. The van der Waals surface area contributed by atoms with Crippen molar-refractivity contribution in [3.05, 3.63) is 29.8 Å². The Morgan fingerprint density at radius 1 is 1.08 bits per heavy atom. The summed E-state index contributed by atoms with van der Waals surface area (Å²) in [4.78, 5) is 12.4. The highest BCUT2D eigenvalue weighted by molar-refractivity contribution is 7.89. The van der Waals surface area contributed by atoms with Gasteiger partial charge in [0.15, 0.2) is 0 Å². The summed E-state index contributed by atoms with van der Waals surface area (Å²) in [5.41, 5.74) is 0.905. The average molecular weight is 381 g/mol. The van der Waals surface area contributed by atoms with Gasteiger partial charge in [-0.1, -0.05) is 31.4 Å². The number of nitrogens with one attached hydrogen (secondary N) is 1. The highest BCUT2D eigenvalue weighted by Crippen LogP contribution is 2.26. The molecule has 7 heteroatoms. The van der Waals surface area contributed by atoms with Crippen LogP contribution in [0.1, 0.15) is 44.1 Å². The Morgan fingerprint density at radius 3 is 2.38 bits per heavy atom. The minimum atomic E-state index is -3.46. The third-order valence-electron chi connectivity index (χ3n) is 5.22. The Bertz CT molecular complexity index is 691. The van der Waals surface area contributed by atoms with Gasteiger partial charge in [0.05, 0.1) is 18.1 Å². The third kappa shape index (κ3) is 5.05. The highest BCUT2D eigenvalue weighted by atomic mass is 32.2. The van der Waals surface area contributed by atoms with Gasteiger partial charge in [0, 0.05) is 26.1 Å². The van der Waals surface area contributed by atoms with E-state index in [1.807, 2.05) is 0 Å². The third-order valence-corrected chi connectivity index (χ3v) is 7.13. The number of carbonyl (C=O) groups excluding carboxylic acids is 1. The van der Waals surface area contributed by atoms with Crippen LogP contribution in [-0.2, 0) is 26.1 Å². The molecule has 1 aromatic carbocycles. The largest absolute Gasteiger partial charge is 0.379 e. The van der Waals surface area contributed by atoms with Crippen molar-refractivity contribution in [2.45, 2.75) is 50.0 Å². The van der Waals surface area contributed by atoms with Crippen LogP contribution >= 0.6 is 0 Å². The summed E-state index contributed by atoms with van der Waals surface area (Å²) in [6.07, 6.45) is 6.67. The van der Waals surface area contributed by atoms with Crippen molar-refractivity contribution in [2.24, 2.45) is 5.92 Å². The summed E-state index contributed by atoms with van der Waals surface area (Å²) in [7, 11) is -3.46. The first-order valence-electron chi connectivity index (χ1n) is 9.49. The Labute approximate surface area is 156 Å². The standard InChI is InChI=1S/C19H28N2O4S/c22-19(14-16-4-2-1-3-5-16)20-15-17-6-8-18(9-7-17)26(23,24)21-10-12-25-13-11-21/h6-9,16H,1-5,10-15H2,(H,20,22). The first-order chi connectivity index (χ1) is 12.6. The second-order valence-corrected chi connectivity index (χ2v) is 9.08. The van der Waals surface area contributed by atoms with Crippen LogP contribution in [0.4, 0.5) is 0 Å². The molecule has 0 spiro atoms. The van der Waals surface area contributed by atoms with Gasteiger partial charge in [-0.05, 0) is 36.5 Å². The van der Waals surface area contributed by atoms with E-state index in [9.17, 15) is 13.2 Å². The molecule has 1 saturated heterocycles. The first-order valence-corrected chi connectivity index (χ1v) is 10.9. The SMILES string of the molecule is O=C(CC1CCCCC1)NCc1ccc(S(=O)(=O)N2CCOCC2)cc1. The number of rotatable bonds is 6. The molecule has 1 aromatic rings. The van der Waals surface area contributed by atoms with Crippen molar-refractivity contribution in [3.8, 4) is 0 Å². The van der Waals surface area contributed by atoms with Crippen molar-refractivity contribution in [1.29, 1.82) is 0 Å². The number of amides is 1. The molecule has 1 amide bonds. The van der Waals surface area contributed by atoms with E-state index in [4.69, 9.17) is 4.74 Å². The maximum Gasteiger partial charge on any atom is 0.243 e. The molecule has 26 heavy (non-hydrogen) atoms. The molecule has 1 N–H and O–H groups in total. The minimum absolute atomic E-state index is 0.0851. The van der Waals surface area contributed by atoms with Crippen LogP contribution in [0.3, 0.4) is 0 Å².